The number of carbonyl (C=O) groups excluding carboxylic acids is 1. The monoisotopic (exact) mass is 408 g/mol. The predicted octanol–water partition coefficient (Wildman–Crippen LogP) is 5.64. The predicted molar refractivity (Wildman–Crippen MR) is 119 cm³/mol. The maximum atomic E-state index is 12.4. The number of phenolic OH excluding ortho intramolecular Hbond substituents is 4. The lowest BCUT2D eigenvalue weighted by Crippen LogP contribution is -1.95. The highest BCUT2D eigenvalue weighted by Gasteiger charge is 2.21. The Kier molecular flexibility index (Phi) is 7.87. The third-order valence-corrected chi connectivity index (χ3v) is 4.74. The van der Waals surface area contributed by atoms with E-state index >= 15 is 0 Å². The standard InChI is InChI=1S/C25H28O5/c1-16(2)8-7-9-17(3)12-13-19-20(23(28)25(30)24(29)22(19)27)14-15-21(26)18-10-5-4-6-11-18/h4-6,8,10-12,14-15,27-30H,7,9,13H2,1-3H3. The number of carbonyl (C=O) groups is 1. The zero-order chi connectivity index (χ0) is 22.3. The molecular weight excluding hydrogens is 380 g/mol. The second kappa shape index (κ2) is 10.3. The van der Waals surface area contributed by atoms with E-state index in [1.165, 1.54) is 17.7 Å². The highest BCUT2D eigenvalue weighted by molar-refractivity contribution is 6.07. The summed E-state index contributed by atoms with van der Waals surface area (Å²) in [6.07, 6.45) is 8.56. The minimum atomic E-state index is -0.827. The van der Waals surface area contributed by atoms with Crippen LogP contribution in [0.2, 0.25) is 0 Å². The Morgan fingerprint density at radius 1 is 0.867 bits per heavy atom. The fourth-order valence-corrected chi connectivity index (χ4v) is 2.98. The molecule has 4 N–H and O–H groups in total. The molecule has 0 atom stereocenters. The SMILES string of the molecule is CC(C)=CCCC(C)=CCc1c(O)c(O)c(O)c(O)c1C=CC(=O)c1ccccc1. The maximum Gasteiger partial charge on any atom is 0.204 e. The molecule has 2 rings (SSSR count). The Labute approximate surface area is 177 Å². The summed E-state index contributed by atoms with van der Waals surface area (Å²) in [6.45, 7) is 6.04. The smallest absolute Gasteiger partial charge is 0.204 e. The van der Waals surface area contributed by atoms with Gasteiger partial charge in [0.25, 0.3) is 0 Å². The second-order valence-corrected chi connectivity index (χ2v) is 7.43. The van der Waals surface area contributed by atoms with E-state index in [-0.39, 0.29) is 23.3 Å². The van der Waals surface area contributed by atoms with E-state index in [9.17, 15) is 25.2 Å². The topological polar surface area (TPSA) is 98.0 Å². The summed E-state index contributed by atoms with van der Waals surface area (Å²) in [7, 11) is 0. The summed E-state index contributed by atoms with van der Waals surface area (Å²) in [5.74, 6) is -3.02. The highest BCUT2D eigenvalue weighted by atomic mass is 16.3. The van der Waals surface area contributed by atoms with E-state index in [4.69, 9.17) is 0 Å². The third-order valence-electron chi connectivity index (χ3n) is 4.74. The molecule has 0 spiro atoms. The molecule has 0 aliphatic heterocycles. The summed E-state index contributed by atoms with van der Waals surface area (Å²) in [6, 6.07) is 8.61. The van der Waals surface area contributed by atoms with Crippen LogP contribution in [0.3, 0.4) is 0 Å². The van der Waals surface area contributed by atoms with Crippen LogP contribution in [-0.2, 0) is 6.42 Å². The average molecular weight is 408 g/mol. The zero-order valence-electron chi connectivity index (χ0n) is 17.5. The molecule has 5 heteroatoms. The van der Waals surface area contributed by atoms with Crippen LogP contribution in [0, 0.1) is 0 Å². The molecule has 0 aromatic heterocycles. The number of benzene rings is 2. The first-order valence-electron chi connectivity index (χ1n) is 9.77. The van der Waals surface area contributed by atoms with Crippen LogP contribution in [-0.4, -0.2) is 26.2 Å². The van der Waals surface area contributed by atoms with Crippen molar-refractivity contribution in [3.05, 3.63) is 76.4 Å². The van der Waals surface area contributed by atoms with Crippen molar-refractivity contribution in [2.24, 2.45) is 0 Å². The van der Waals surface area contributed by atoms with Gasteiger partial charge in [-0.05, 0) is 52.2 Å². The van der Waals surface area contributed by atoms with Crippen molar-refractivity contribution in [1.29, 1.82) is 0 Å². The molecule has 0 aliphatic rings. The molecule has 30 heavy (non-hydrogen) atoms. The Balaban J connectivity index is 2.36. The van der Waals surface area contributed by atoms with Gasteiger partial charge >= 0.3 is 0 Å². The summed E-state index contributed by atoms with van der Waals surface area (Å²) in [5.41, 5.74) is 3.09. The van der Waals surface area contributed by atoms with Crippen LogP contribution in [0.25, 0.3) is 6.08 Å². The van der Waals surface area contributed by atoms with Crippen molar-refractivity contribution in [3.63, 3.8) is 0 Å². The molecule has 2 aromatic rings. The van der Waals surface area contributed by atoms with E-state index in [1.54, 1.807) is 30.3 Å². The molecule has 0 saturated heterocycles. The molecule has 0 amide bonds. The molecular formula is C25H28O5. The van der Waals surface area contributed by atoms with Gasteiger partial charge in [0, 0.05) is 16.7 Å². The minimum absolute atomic E-state index is 0.0837. The van der Waals surface area contributed by atoms with E-state index in [2.05, 4.69) is 6.08 Å². The first-order valence-corrected chi connectivity index (χ1v) is 9.77. The van der Waals surface area contributed by atoms with Gasteiger partial charge in [-0.2, -0.15) is 0 Å². The molecule has 2 aromatic carbocycles. The fraction of sp³-hybridized carbons (Fsp3) is 0.240. The molecule has 0 unspecified atom stereocenters. The summed E-state index contributed by atoms with van der Waals surface area (Å²) >= 11 is 0. The number of phenols is 4. The lowest BCUT2D eigenvalue weighted by atomic mass is 9.97. The van der Waals surface area contributed by atoms with Crippen LogP contribution in [0.1, 0.15) is 55.1 Å². The quantitative estimate of drug-likeness (QED) is 0.149. The number of hydrogen-bond acceptors (Lipinski definition) is 5. The van der Waals surface area contributed by atoms with Crippen molar-refractivity contribution in [3.8, 4) is 23.0 Å². The summed E-state index contributed by atoms with van der Waals surface area (Å²) in [5, 5.41) is 40.5. The normalized spacial score (nSPS) is 11.6. The lowest BCUT2D eigenvalue weighted by molar-refractivity contribution is 0.104. The van der Waals surface area contributed by atoms with Crippen LogP contribution in [0.15, 0.2) is 59.7 Å². The zero-order valence-corrected chi connectivity index (χ0v) is 17.5. The van der Waals surface area contributed by atoms with Gasteiger partial charge in [0.1, 0.15) is 0 Å². The van der Waals surface area contributed by atoms with E-state index in [1.807, 2.05) is 26.8 Å². The van der Waals surface area contributed by atoms with Crippen molar-refractivity contribution in [2.45, 2.75) is 40.0 Å². The number of rotatable bonds is 8. The molecule has 0 fully saturated rings. The summed E-state index contributed by atoms with van der Waals surface area (Å²) < 4.78 is 0. The first-order chi connectivity index (χ1) is 14.2. The minimum Gasteiger partial charge on any atom is -0.504 e. The van der Waals surface area contributed by atoms with Gasteiger partial charge in [-0.15, -0.1) is 0 Å². The van der Waals surface area contributed by atoms with Crippen molar-refractivity contribution >= 4 is 11.9 Å². The van der Waals surface area contributed by atoms with Crippen LogP contribution in [0.5, 0.6) is 23.0 Å². The number of aromatic hydroxyl groups is 4. The second-order valence-electron chi connectivity index (χ2n) is 7.43. The van der Waals surface area contributed by atoms with Crippen LogP contribution in [0.4, 0.5) is 0 Å². The molecule has 158 valence electrons. The van der Waals surface area contributed by atoms with Gasteiger partial charge in [-0.25, -0.2) is 0 Å². The van der Waals surface area contributed by atoms with Gasteiger partial charge in [0.15, 0.2) is 17.3 Å². The molecule has 0 heterocycles. The molecule has 0 saturated carbocycles. The van der Waals surface area contributed by atoms with Crippen molar-refractivity contribution in [2.75, 3.05) is 0 Å². The van der Waals surface area contributed by atoms with E-state index in [0.717, 1.165) is 18.4 Å². The Bertz CT molecular complexity index is 994. The van der Waals surface area contributed by atoms with Gasteiger partial charge < -0.3 is 20.4 Å². The van der Waals surface area contributed by atoms with E-state index < -0.39 is 23.0 Å². The Hall–Kier alpha value is -3.47. The van der Waals surface area contributed by atoms with Gasteiger partial charge in [-0.3, -0.25) is 4.79 Å². The number of hydrogen-bond donors (Lipinski definition) is 4. The highest BCUT2D eigenvalue weighted by Crippen LogP contribution is 2.48. The molecule has 0 radical (unpaired) electrons. The van der Waals surface area contributed by atoms with Crippen molar-refractivity contribution < 1.29 is 25.2 Å². The molecule has 5 nitrogen and oxygen atoms in total. The Morgan fingerprint density at radius 2 is 1.50 bits per heavy atom. The third kappa shape index (κ3) is 5.77. The average Bonchev–Trinajstić information content (AvgIpc) is 2.73. The Morgan fingerprint density at radius 3 is 2.13 bits per heavy atom. The van der Waals surface area contributed by atoms with E-state index in [0.29, 0.717) is 5.56 Å². The largest absolute Gasteiger partial charge is 0.504 e. The van der Waals surface area contributed by atoms with Crippen molar-refractivity contribution in [1.82, 2.24) is 0 Å². The first kappa shape index (κ1) is 22.8. The van der Waals surface area contributed by atoms with Gasteiger partial charge in [0.2, 0.25) is 11.5 Å². The van der Waals surface area contributed by atoms with Crippen LogP contribution >= 0.6 is 0 Å². The summed E-state index contributed by atoms with van der Waals surface area (Å²) in [4.78, 5) is 12.4. The maximum absolute atomic E-state index is 12.4. The van der Waals surface area contributed by atoms with Gasteiger partial charge in [-0.1, -0.05) is 53.6 Å². The fourth-order valence-electron chi connectivity index (χ4n) is 2.98. The number of allylic oxidation sites excluding steroid dienone is 5. The van der Waals surface area contributed by atoms with Gasteiger partial charge in [0.05, 0.1) is 0 Å². The number of ketones is 1. The molecule has 0 aliphatic carbocycles. The van der Waals surface area contributed by atoms with Crippen LogP contribution < -0.4 is 0 Å². The lowest BCUT2D eigenvalue weighted by Gasteiger charge is -2.13. The molecule has 0 bridgehead atoms.